The Hall–Kier alpha value is -3.69. The highest BCUT2D eigenvalue weighted by Crippen LogP contribution is 2.29. The van der Waals surface area contributed by atoms with Crippen LogP contribution in [0.25, 0.3) is 22.1 Å². The number of aromatic nitrogens is 4. The number of nitrogens with zero attached hydrogens (tertiary/aromatic N) is 5. The van der Waals surface area contributed by atoms with Crippen LogP contribution in [0.3, 0.4) is 0 Å². The van der Waals surface area contributed by atoms with Crippen molar-refractivity contribution in [3.05, 3.63) is 95.1 Å². The lowest BCUT2D eigenvalue weighted by atomic mass is 10.1. The van der Waals surface area contributed by atoms with Gasteiger partial charge in [0.05, 0.1) is 17.1 Å². The summed E-state index contributed by atoms with van der Waals surface area (Å²) >= 11 is 1.50. The van der Waals surface area contributed by atoms with Gasteiger partial charge in [0.1, 0.15) is 5.52 Å². The van der Waals surface area contributed by atoms with Crippen molar-refractivity contribution in [1.82, 2.24) is 19.7 Å². The minimum Gasteiger partial charge on any atom is -0.319 e. The molecule has 3 aromatic carbocycles. The van der Waals surface area contributed by atoms with Crippen LogP contribution >= 0.6 is 11.8 Å². The molecule has 5 aromatic rings. The molecule has 0 radical (unpaired) electrons. The molecule has 2 heterocycles. The molecule has 0 saturated heterocycles. The van der Waals surface area contributed by atoms with E-state index in [4.69, 9.17) is 4.98 Å². The quantitative estimate of drug-likeness (QED) is 0.351. The van der Waals surface area contributed by atoms with Gasteiger partial charge in [-0.3, -0.25) is 0 Å². The molecule has 0 bridgehead atoms. The summed E-state index contributed by atoms with van der Waals surface area (Å²) in [6, 6.07) is 26.6. The fraction of sp³-hybridized carbons (Fsp3) is 0.120. The lowest BCUT2D eigenvalue weighted by Gasteiger charge is -2.08. The monoisotopic (exact) mass is 421 g/mol. The van der Waals surface area contributed by atoms with Crippen molar-refractivity contribution in [2.45, 2.75) is 24.4 Å². The Labute approximate surface area is 184 Å². The van der Waals surface area contributed by atoms with Gasteiger partial charge in [0.25, 0.3) is 0 Å². The maximum atomic E-state index is 9.33. The molecule has 0 aliphatic rings. The van der Waals surface area contributed by atoms with E-state index in [1.54, 1.807) is 0 Å². The summed E-state index contributed by atoms with van der Waals surface area (Å²) in [6.45, 7) is 2.82. The summed E-state index contributed by atoms with van der Waals surface area (Å²) in [4.78, 5) is 4.87. The van der Waals surface area contributed by atoms with Gasteiger partial charge in [0.2, 0.25) is 5.16 Å². The summed E-state index contributed by atoms with van der Waals surface area (Å²) in [6.07, 6.45) is 0. The summed E-state index contributed by atoms with van der Waals surface area (Å²) < 4.78 is 2.21. The second kappa shape index (κ2) is 8.21. The van der Waals surface area contributed by atoms with Gasteiger partial charge in [-0.15, -0.1) is 10.2 Å². The Morgan fingerprint density at radius 3 is 2.68 bits per heavy atom. The predicted molar refractivity (Wildman–Crippen MR) is 124 cm³/mol. The van der Waals surface area contributed by atoms with Gasteiger partial charge in [-0.25, -0.2) is 4.98 Å². The van der Waals surface area contributed by atoms with Crippen molar-refractivity contribution >= 4 is 33.8 Å². The van der Waals surface area contributed by atoms with E-state index >= 15 is 0 Å². The normalized spacial score (nSPS) is 11.1. The number of nitriles is 1. The van der Waals surface area contributed by atoms with Crippen LogP contribution in [0.1, 0.15) is 22.3 Å². The van der Waals surface area contributed by atoms with Crippen LogP contribution in [0, 0.1) is 18.3 Å². The van der Waals surface area contributed by atoms with E-state index in [1.807, 2.05) is 36.4 Å². The average Bonchev–Trinajstić information content (AvgIpc) is 3.11. The SMILES string of the molecule is Cc1cccc(Cn2c3ccccc3c3nnc(SCc4ccccc4C#N)nc32)c1. The van der Waals surface area contributed by atoms with Crippen LogP contribution < -0.4 is 0 Å². The fourth-order valence-corrected chi connectivity index (χ4v) is 4.59. The summed E-state index contributed by atoms with van der Waals surface area (Å²) in [5, 5.41) is 19.9. The molecule has 5 rings (SSSR count). The zero-order valence-electron chi connectivity index (χ0n) is 17.0. The number of fused-ring (bicyclic) bond motifs is 3. The van der Waals surface area contributed by atoms with Gasteiger partial charge < -0.3 is 4.57 Å². The lowest BCUT2D eigenvalue weighted by Crippen LogP contribution is -2.02. The van der Waals surface area contributed by atoms with E-state index in [0.29, 0.717) is 23.0 Å². The van der Waals surface area contributed by atoms with Crippen molar-refractivity contribution in [3.8, 4) is 6.07 Å². The molecule has 0 saturated carbocycles. The zero-order chi connectivity index (χ0) is 21.2. The first kappa shape index (κ1) is 19.3. The van der Waals surface area contributed by atoms with Crippen LogP contribution in [-0.4, -0.2) is 19.7 Å². The molecular weight excluding hydrogens is 402 g/mol. The Kier molecular flexibility index (Phi) is 5.11. The van der Waals surface area contributed by atoms with Crippen molar-refractivity contribution in [3.63, 3.8) is 0 Å². The first-order valence-electron chi connectivity index (χ1n) is 10.0. The molecule has 0 N–H and O–H groups in total. The van der Waals surface area contributed by atoms with Gasteiger partial charge >= 0.3 is 0 Å². The van der Waals surface area contributed by atoms with E-state index in [9.17, 15) is 5.26 Å². The van der Waals surface area contributed by atoms with Gasteiger partial charge in [0, 0.05) is 17.7 Å². The van der Waals surface area contributed by atoms with Gasteiger partial charge in [-0.1, -0.05) is 78.0 Å². The third kappa shape index (κ3) is 3.76. The number of para-hydroxylation sites is 1. The van der Waals surface area contributed by atoms with E-state index in [-0.39, 0.29) is 0 Å². The third-order valence-corrected chi connectivity index (χ3v) is 6.16. The number of aryl methyl sites for hydroxylation is 1. The molecule has 31 heavy (non-hydrogen) atoms. The first-order valence-corrected chi connectivity index (χ1v) is 11.0. The molecule has 0 aliphatic carbocycles. The molecule has 5 nitrogen and oxygen atoms in total. The molecule has 6 heteroatoms. The molecule has 0 atom stereocenters. The molecule has 0 aliphatic heterocycles. The minimum absolute atomic E-state index is 0.605. The van der Waals surface area contributed by atoms with Crippen molar-refractivity contribution in [1.29, 1.82) is 5.26 Å². The van der Waals surface area contributed by atoms with E-state index in [0.717, 1.165) is 27.6 Å². The van der Waals surface area contributed by atoms with Crippen LogP contribution in [0.15, 0.2) is 78.0 Å². The molecular formula is C25H19N5S. The average molecular weight is 422 g/mol. The lowest BCUT2D eigenvalue weighted by molar-refractivity contribution is 0.814. The topological polar surface area (TPSA) is 67.4 Å². The fourth-order valence-electron chi connectivity index (χ4n) is 3.80. The highest BCUT2D eigenvalue weighted by molar-refractivity contribution is 7.98. The molecule has 150 valence electrons. The van der Waals surface area contributed by atoms with Crippen molar-refractivity contribution in [2.24, 2.45) is 0 Å². The summed E-state index contributed by atoms with van der Waals surface area (Å²) in [7, 11) is 0. The Balaban J connectivity index is 1.55. The second-order valence-electron chi connectivity index (χ2n) is 7.42. The van der Waals surface area contributed by atoms with Gasteiger partial charge in [0.15, 0.2) is 5.65 Å². The number of benzene rings is 3. The molecule has 0 spiro atoms. The van der Waals surface area contributed by atoms with E-state index < -0.39 is 0 Å². The van der Waals surface area contributed by atoms with Crippen LogP contribution in [0.4, 0.5) is 0 Å². The largest absolute Gasteiger partial charge is 0.319 e. The number of hydrogen-bond donors (Lipinski definition) is 0. The highest BCUT2D eigenvalue weighted by Gasteiger charge is 2.15. The number of thioether (sulfide) groups is 1. The van der Waals surface area contributed by atoms with Gasteiger partial charge in [-0.2, -0.15) is 5.26 Å². The van der Waals surface area contributed by atoms with Crippen LogP contribution in [0.5, 0.6) is 0 Å². The Morgan fingerprint density at radius 2 is 1.81 bits per heavy atom. The molecule has 2 aromatic heterocycles. The van der Waals surface area contributed by atoms with E-state index in [1.165, 1.54) is 22.9 Å². The maximum Gasteiger partial charge on any atom is 0.211 e. The molecule has 0 fully saturated rings. The van der Waals surface area contributed by atoms with Crippen LogP contribution in [0.2, 0.25) is 0 Å². The summed E-state index contributed by atoms with van der Waals surface area (Å²) in [5.41, 5.74) is 6.84. The molecule has 0 amide bonds. The Morgan fingerprint density at radius 1 is 0.968 bits per heavy atom. The Bertz CT molecular complexity index is 1450. The third-order valence-electron chi connectivity index (χ3n) is 5.27. The van der Waals surface area contributed by atoms with Crippen molar-refractivity contribution in [2.75, 3.05) is 0 Å². The smallest absolute Gasteiger partial charge is 0.211 e. The zero-order valence-corrected chi connectivity index (χ0v) is 17.8. The van der Waals surface area contributed by atoms with Crippen molar-refractivity contribution < 1.29 is 0 Å². The molecule has 0 unspecified atom stereocenters. The number of rotatable bonds is 5. The highest BCUT2D eigenvalue weighted by atomic mass is 32.2. The minimum atomic E-state index is 0.605. The second-order valence-corrected chi connectivity index (χ2v) is 8.36. The number of hydrogen-bond acceptors (Lipinski definition) is 5. The predicted octanol–water partition coefficient (Wildman–Crippen LogP) is 5.50. The standard InChI is InChI=1S/C25H19N5S/c1-17-7-6-8-18(13-17)15-30-22-12-5-4-11-21(22)23-24(30)27-25(29-28-23)31-16-20-10-3-2-9-19(20)14-26/h2-13H,15-16H2,1H3. The van der Waals surface area contributed by atoms with Crippen LogP contribution in [-0.2, 0) is 12.3 Å². The van der Waals surface area contributed by atoms with E-state index in [2.05, 4.69) is 64.2 Å². The summed E-state index contributed by atoms with van der Waals surface area (Å²) in [5.74, 6) is 0.620. The van der Waals surface area contributed by atoms with Gasteiger partial charge in [-0.05, 0) is 30.2 Å². The maximum absolute atomic E-state index is 9.33. The first-order chi connectivity index (χ1) is 15.2.